The molecule has 2 aromatic rings. The average Bonchev–Trinajstić information content (AvgIpc) is 2.67. The van der Waals surface area contributed by atoms with Crippen LogP contribution in [0.2, 0.25) is 0 Å². The third kappa shape index (κ3) is 2.06. The van der Waals surface area contributed by atoms with Crippen LogP contribution in [0.1, 0.15) is 33.9 Å². The van der Waals surface area contributed by atoms with E-state index >= 15 is 0 Å². The van der Waals surface area contributed by atoms with Crippen molar-refractivity contribution in [2.24, 2.45) is 0 Å². The van der Waals surface area contributed by atoms with E-state index in [1.807, 2.05) is 0 Å². The van der Waals surface area contributed by atoms with Crippen LogP contribution in [0.5, 0.6) is 0 Å². The van der Waals surface area contributed by atoms with E-state index < -0.39 is 5.97 Å². The highest BCUT2D eigenvalue weighted by molar-refractivity contribution is 7.21. The van der Waals surface area contributed by atoms with E-state index in [1.165, 1.54) is 24.5 Å². The number of carbonyl (C=O) groups excluding carboxylic acids is 2. The fourth-order valence-electron chi connectivity index (χ4n) is 1.59. The molecule has 2 N–H and O–H groups in total. The minimum atomic E-state index is -0.443. The monoisotopic (exact) mass is 264 g/mol. The minimum Gasteiger partial charge on any atom is -0.462 e. The smallest absolute Gasteiger partial charge is 0.339 e. The van der Waals surface area contributed by atoms with Crippen LogP contribution in [0, 0.1) is 0 Å². The Balaban J connectivity index is 2.54. The van der Waals surface area contributed by atoms with Crippen LogP contribution in [0.15, 0.2) is 12.3 Å². The summed E-state index contributed by atoms with van der Waals surface area (Å²) in [4.78, 5) is 28.2. The molecule has 0 unspecified atom stereocenters. The molecule has 2 heterocycles. The summed E-state index contributed by atoms with van der Waals surface area (Å²) >= 11 is 1.23. The number of rotatable bonds is 3. The molecule has 2 aromatic heterocycles. The number of thiophene rings is 1. The van der Waals surface area contributed by atoms with Crippen LogP contribution in [-0.4, -0.2) is 23.3 Å². The second kappa shape index (κ2) is 4.73. The lowest BCUT2D eigenvalue weighted by atomic mass is 10.2. The molecule has 0 bridgehead atoms. The average molecular weight is 264 g/mol. The number of aromatic nitrogens is 1. The number of hydrogen-bond donors (Lipinski definition) is 1. The van der Waals surface area contributed by atoms with E-state index in [9.17, 15) is 9.59 Å². The van der Waals surface area contributed by atoms with Gasteiger partial charge < -0.3 is 10.5 Å². The number of nitrogen functional groups attached to an aromatic ring is 1. The molecule has 0 saturated carbocycles. The molecule has 0 aromatic carbocycles. The van der Waals surface area contributed by atoms with Crippen molar-refractivity contribution in [1.82, 2.24) is 4.98 Å². The van der Waals surface area contributed by atoms with Gasteiger partial charge in [0.15, 0.2) is 5.78 Å². The maximum atomic E-state index is 11.6. The predicted octanol–water partition coefficient (Wildman–Crippen LogP) is 2.26. The maximum absolute atomic E-state index is 11.6. The summed E-state index contributed by atoms with van der Waals surface area (Å²) in [6.45, 7) is 3.48. The van der Waals surface area contributed by atoms with Gasteiger partial charge in [-0.2, -0.15) is 0 Å². The fourth-order valence-corrected chi connectivity index (χ4v) is 2.53. The first-order valence-electron chi connectivity index (χ1n) is 5.40. The Morgan fingerprint density at radius 1 is 1.50 bits per heavy atom. The number of nitrogens with two attached hydrogens (primary N) is 1. The van der Waals surface area contributed by atoms with Gasteiger partial charge in [-0.1, -0.05) is 0 Å². The molecule has 18 heavy (non-hydrogen) atoms. The van der Waals surface area contributed by atoms with Crippen LogP contribution in [0.25, 0.3) is 10.2 Å². The predicted molar refractivity (Wildman–Crippen MR) is 70.0 cm³/mol. The summed E-state index contributed by atoms with van der Waals surface area (Å²) in [5.74, 6) is -0.546. The van der Waals surface area contributed by atoms with Gasteiger partial charge in [0.25, 0.3) is 0 Å². The van der Waals surface area contributed by atoms with Crippen molar-refractivity contribution in [1.29, 1.82) is 0 Å². The van der Waals surface area contributed by atoms with E-state index in [-0.39, 0.29) is 5.78 Å². The van der Waals surface area contributed by atoms with Crippen molar-refractivity contribution >= 4 is 39.0 Å². The van der Waals surface area contributed by atoms with Crippen molar-refractivity contribution in [2.75, 3.05) is 12.3 Å². The van der Waals surface area contributed by atoms with E-state index in [0.717, 1.165) is 0 Å². The quantitative estimate of drug-likeness (QED) is 0.679. The molecule has 6 heteroatoms. The number of hydrogen-bond acceptors (Lipinski definition) is 6. The van der Waals surface area contributed by atoms with Gasteiger partial charge >= 0.3 is 5.97 Å². The molecule has 0 saturated heterocycles. The first-order chi connectivity index (χ1) is 8.54. The molecule has 94 valence electrons. The molecule has 0 aliphatic carbocycles. The Bertz CT molecular complexity index is 634. The van der Waals surface area contributed by atoms with Gasteiger partial charge in [0.05, 0.1) is 22.7 Å². The van der Waals surface area contributed by atoms with Gasteiger partial charge in [-0.3, -0.25) is 4.79 Å². The van der Waals surface area contributed by atoms with Gasteiger partial charge in [-0.05, 0) is 13.0 Å². The minimum absolute atomic E-state index is 0.104. The number of pyridine rings is 1. The van der Waals surface area contributed by atoms with Crippen LogP contribution < -0.4 is 5.73 Å². The summed E-state index contributed by atoms with van der Waals surface area (Å²) in [6, 6.07) is 1.61. The molecule has 0 fully saturated rings. The van der Waals surface area contributed by atoms with Crippen LogP contribution >= 0.6 is 11.3 Å². The first kappa shape index (κ1) is 12.5. The van der Waals surface area contributed by atoms with Crippen molar-refractivity contribution < 1.29 is 14.3 Å². The van der Waals surface area contributed by atoms with E-state index in [2.05, 4.69) is 4.98 Å². The Morgan fingerprint density at radius 2 is 2.22 bits per heavy atom. The zero-order valence-electron chi connectivity index (χ0n) is 10.0. The molecule has 0 radical (unpaired) electrons. The summed E-state index contributed by atoms with van der Waals surface area (Å²) in [5.41, 5.74) is 6.59. The molecule has 0 atom stereocenters. The van der Waals surface area contributed by atoms with Crippen LogP contribution in [-0.2, 0) is 4.74 Å². The molecule has 0 amide bonds. The maximum Gasteiger partial charge on any atom is 0.339 e. The Hall–Kier alpha value is -1.95. The number of carbonyl (C=O) groups is 2. The number of nitrogens with zero attached hydrogens (tertiary/aromatic N) is 1. The van der Waals surface area contributed by atoms with E-state index in [4.69, 9.17) is 10.5 Å². The zero-order valence-corrected chi connectivity index (χ0v) is 10.8. The summed E-state index contributed by atoms with van der Waals surface area (Å²) in [7, 11) is 0. The molecule has 2 rings (SSSR count). The Kier molecular flexibility index (Phi) is 3.29. The second-order valence-electron chi connectivity index (χ2n) is 3.70. The van der Waals surface area contributed by atoms with E-state index in [1.54, 1.807) is 13.0 Å². The topological polar surface area (TPSA) is 82.3 Å². The molecule has 5 nitrogen and oxygen atoms in total. The zero-order chi connectivity index (χ0) is 13.3. The lowest BCUT2D eigenvalue weighted by molar-refractivity contribution is 0.0526. The van der Waals surface area contributed by atoms with Gasteiger partial charge in [-0.25, -0.2) is 9.78 Å². The van der Waals surface area contributed by atoms with Gasteiger partial charge in [-0.15, -0.1) is 11.3 Å². The largest absolute Gasteiger partial charge is 0.462 e. The summed E-state index contributed by atoms with van der Waals surface area (Å²) < 4.78 is 4.89. The molecular formula is C12H12N2O3S. The highest BCUT2D eigenvalue weighted by Gasteiger charge is 2.16. The number of Topliss-reactive ketones (excluding diaryl/α,β-unsaturated/α-hetero) is 1. The number of ether oxygens (including phenoxy) is 1. The lowest BCUT2D eigenvalue weighted by Crippen LogP contribution is -2.04. The molecule has 0 aliphatic rings. The Labute approximate surface area is 108 Å². The number of esters is 1. The highest BCUT2D eigenvalue weighted by atomic mass is 32.1. The first-order valence-corrected chi connectivity index (χ1v) is 6.22. The van der Waals surface area contributed by atoms with Crippen molar-refractivity contribution in [3.05, 3.63) is 22.7 Å². The van der Waals surface area contributed by atoms with Crippen molar-refractivity contribution in [2.45, 2.75) is 13.8 Å². The summed E-state index contributed by atoms with van der Waals surface area (Å²) in [5, 5.41) is 0.621. The Morgan fingerprint density at radius 3 is 2.83 bits per heavy atom. The van der Waals surface area contributed by atoms with Gasteiger partial charge in [0.1, 0.15) is 4.83 Å². The SMILES string of the molecule is CCOC(=O)c1cnc2sc(C(C)=O)c(N)c2c1. The molecule has 0 aliphatic heterocycles. The third-order valence-electron chi connectivity index (χ3n) is 2.42. The van der Waals surface area contributed by atoms with Crippen molar-refractivity contribution in [3.63, 3.8) is 0 Å². The summed E-state index contributed by atoms with van der Waals surface area (Å²) in [6.07, 6.45) is 1.43. The second-order valence-corrected chi connectivity index (χ2v) is 4.70. The number of ketones is 1. The lowest BCUT2D eigenvalue weighted by Gasteiger charge is -2.01. The molecule has 0 spiro atoms. The van der Waals surface area contributed by atoms with Gasteiger partial charge in [0.2, 0.25) is 0 Å². The van der Waals surface area contributed by atoms with Crippen LogP contribution in [0.4, 0.5) is 5.69 Å². The highest BCUT2D eigenvalue weighted by Crippen LogP contribution is 2.33. The standard InChI is InChI=1S/C12H12N2O3S/c1-3-17-12(16)7-4-8-9(13)10(6(2)15)18-11(8)14-5-7/h4-5H,3,13H2,1-2H3. The fraction of sp³-hybridized carbons (Fsp3) is 0.250. The van der Waals surface area contributed by atoms with Crippen LogP contribution in [0.3, 0.4) is 0 Å². The molecular weight excluding hydrogens is 252 g/mol. The third-order valence-corrected chi connectivity index (χ3v) is 3.65. The number of anilines is 1. The normalized spacial score (nSPS) is 10.6. The number of fused-ring (bicyclic) bond motifs is 1. The van der Waals surface area contributed by atoms with Crippen molar-refractivity contribution in [3.8, 4) is 0 Å². The van der Waals surface area contributed by atoms with Gasteiger partial charge in [0, 0.05) is 18.5 Å². The van der Waals surface area contributed by atoms with E-state index in [0.29, 0.717) is 33.0 Å².